The van der Waals surface area contributed by atoms with Crippen molar-refractivity contribution in [3.8, 4) is 0 Å². The van der Waals surface area contributed by atoms with Crippen molar-refractivity contribution in [1.82, 2.24) is 20.0 Å². The second-order valence-corrected chi connectivity index (χ2v) is 7.97. The fourth-order valence-electron chi connectivity index (χ4n) is 4.59. The Labute approximate surface area is 183 Å². The molecule has 2 rings (SSSR count). The largest absolute Gasteiger partial charge is 0.357 e. The minimum atomic E-state index is -0.290. The molecule has 0 aromatic rings. The number of nitrogens with zero attached hydrogens (tertiary/aromatic N) is 4. The molecule has 1 amide bonds. The van der Waals surface area contributed by atoms with Crippen molar-refractivity contribution in [2.45, 2.75) is 58.9 Å². The van der Waals surface area contributed by atoms with Crippen LogP contribution in [0.2, 0.25) is 0 Å². The quantitative estimate of drug-likeness (QED) is 0.337. The summed E-state index contributed by atoms with van der Waals surface area (Å²) in [5.74, 6) is 1.23. The van der Waals surface area contributed by atoms with Crippen LogP contribution in [0.1, 0.15) is 52.9 Å². The predicted molar refractivity (Wildman–Crippen MR) is 124 cm³/mol. The van der Waals surface area contributed by atoms with Gasteiger partial charge in [0.15, 0.2) is 5.96 Å². The van der Waals surface area contributed by atoms with E-state index in [2.05, 4.69) is 35.9 Å². The van der Waals surface area contributed by atoms with Gasteiger partial charge in [-0.3, -0.25) is 14.7 Å². The summed E-state index contributed by atoms with van der Waals surface area (Å²) in [4.78, 5) is 24.4. The highest BCUT2D eigenvalue weighted by Crippen LogP contribution is 2.39. The second-order valence-electron chi connectivity index (χ2n) is 7.97. The van der Waals surface area contributed by atoms with E-state index in [9.17, 15) is 4.79 Å². The molecule has 1 saturated heterocycles. The van der Waals surface area contributed by atoms with E-state index in [-0.39, 0.29) is 35.3 Å². The van der Waals surface area contributed by atoms with E-state index in [1.54, 1.807) is 4.90 Å². The summed E-state index contributed by atoms with van der Waals surface area (Å²) in [5, 5.41) is 3.46. The van der Waals surface area contributed by atoms with Gasteiger partial charge in [-0.25, -0.2) is 0 Å². The fourth-order valence-corrected chi connectivity index (χ4v) is 4.59. The molecular weight excluding hydrogens is 453 g/mol. The predicted octanol–water partition coefficient (Wildman–Crippen LogP) is 2.63. The summed E-state index contributed by atoms with van der Waals surface area (Å²) >= 11 is 0. The smallest absolute Gasteiger partial charge is 0.230 e. The molecule has 27 heavy (non-hydrogen) atoms. The van der Waals surface area contributed by atoms with Gasteiger partial charge in [-0.05, 0) is 39.3 Å². The molecule has 1 saturated carbocycles. The molecule has 0 bridgehead atoms. The molecule has 0 spiro atoms. The lowest BCUT2D eigenvalue weighted by Gasteiger charge is -2.30. The molecule has 1 unspecified atom stereocenters. The average molecular weight is 493 g/mol. The van der Waals surface area contributed by atoms with Gasteiger partial charge in [-0.2, -0.15) is 0 Å². The third kappa shape index (κ3) is 5.95. The molecule has 1 atom stereocenters. The molecule has 6 nitrogen and oxygen atoms in total. The number of halogens is 1. The van der Waals surface area contributed by atoms with Crippen LogP contribution in [0.3, 0.4) is 0 Å². The van der Waals surface area contributed by atoms with Gasteiger partial charge >= 0.3 is 0 Å². The molecular formula is C20H40IN5O. The maximum absolute atomic E-state index is 12.8. The highest BCUT2D eigenvalue weighted by molar-refractivity contribution is 14.0. The fraction of sp³-hybridized carbons (Fsp3) is 0.900. The second kappa shape index (κ2) is 11.4. The highest BCUT2D eigenvalue weighted by atomic mass is 127. The summed E-state index contributed by atoms with van der Waals surface area (Å²) in [7, 11) is 3.74. The monoisotopic (exact) mass is 493 g/mol. The number of hydrogen-bond acceptors (Lipinski definition) is 3. The van der Waals surface area contributed by atoms with E-state index in [0.717, 1.165) is 64.4 Å². The first-order valence-corrected chi connectivity index (χ1v) is 10.5. The van der Waals surface area contributed by atoms with Crippen LogP contribution < -0.4 is 5.32 Å². The Bertz CT molecular complexity index is 487. The van der Waals surface area contributed by atoms with E-state index in [0.29, 0.717) is 12.6 Å². The van der Waals surface area contributed by atoms with Crippen LogP contribution in [0.15, 0.2) is 4.99 Å². The summed E-state index contributed by atoms with van der Waals surface area (Å²) in [5.41, 5.74) is -0.290. The zero-order valence-corrected chi connectivity index (χ0v) is 20.3. The summed E-state index contributed by atoms with van der Waals surface area (Å²) in [6, 6.07) is 0.609. The Hall–Kier alpha value is -0.570. The molecule has 7 heteroatoms. The van der Waals surface area contributed by atoms with Crippen LogP contribution >= 0.6 is 24.0 Å². The molecule has 0 radical (unpaired) electrons. The zero-order chi connectivity index (χ0) is 19.2. The molecule has 1 N–H and O–H groups in total. The van der Waals surface area contributed by atoms with Gasteiger partial charge < -0.3 is 15.1 Å². The number of nitrogens with one attached hydrogen (secondary N) is 1. The number of rotatable bonds is 7. The van der Waals surface area contributed by atoms with Crippen molar-refractivity contribution in [3.63, 3.8) is 0 Å². The van der Waals surface area contributed by atoms with Crippen molar-refractivity contribution >= 4 is 35.8 Å². The molecule has 2 fully saturated rings. The van der Waals surface area contributed by atoms with Gasteiger partial charge in [-0.15, -0.1) is 24.0 Å². The Morgan fingerprint density at radius 2 is 1.81 bits per heavy atom. The highest BCUT2D eigenvalue weighted by Gasteiger charge is 2.42. The molecule has 0 aromatic heterocycles. The molecule has 0 aromatic carbocycles. The first-order valence-electron chi connectivity index (χ1n) is 10.5. The van der Waals surface area contributed by atoms with Gasteiger partial charge in [0, 0.05) is 39.8 Å². The van der Waals surface area contributed by atoms with Crippen molar-refractivity contribution in [1.29, 1.82) is 0 Å². The van der Waals surface area contributed by atoms with Crippen LogP contribution in [0.5, 0.6) is 0 Å². The number of likely N-dealkylation sites (tertiary alicyclic amines) is 1. The number of aliphatic imine (C=N–C) groups is 1. The molecule has 1 heterocycles. The topological polar surface area (TPSA) is 51.2 Å². The van der Waals surface area contributed by atoms with Gasteiger partial charge in [0.25, 0.3) is 0 Å². The van der Waals surface area contributed by atoms with E-state index < -0.39 is 0 Å². The Kier molecular flexibility index (Phi) is 10.4. The van der Waals surface area contributed by atoms with E-state index in [4.69, 9.17) is 4.99 Å². The Morgan fingerprint density at radius 1 is 1.19 bits per heavy atom. The van der Waals surface area contributed by atoms with Crippen LogP contribution in [0, 0.1) is 5.41 Å². The molecule has 2 aliphatic rings. The van der Waals surface area contributed by atoms with Gasteiger partial charge in [0.1, 0.15) is 0 Å². The third-order valence-electron chi connectivity index (χ3n) is 6.08. The van der Waals surface area contributed by atoms with Crippen LogP contribution in [0.25, 0.3) is 0 Å². The minimum absolute atomic E-state index is 0. The third-order valence-corrected chi connectivity index (χ3v) is 6.08. The number of carbonyl (C=O) groups is 1. The summed E-state index contributed by atoms with van der Waals surface area (Å²) < 4.78 is 0. The molecule has 158 valence electrons. The zero-order valence-electron chi connectivity index (χ0n) is 18.0. The van der Waals surface area contributed by atoms with E-state index >= 15 is 0 Å². The Morgan fingerprint density at radius 3 is 2.33 bits per heavy atom. The molecule has 1 aliphatic heterocycles. The number of likely N-dealkylation sites (N-methyl/N-ethyl adjacent to an activating group) is 1. The van der Waals surface area contributed by atoms with Gasteiger partial charge in [0.2, 0.25) is 5.91 Å². The lowest BCUT2D eigenvalue weighted by atomic mass is 9.85. The first-order chi connectivity index (χ1) is 12.5. The SMILES string of the molecule is CCNC(=NCC1(C(=O)N(C)C)CCCC1)N1CCC(N(CC)CC)C1.I. The number of carbonyl (C=O) groups excluding carboxylic acids is 1. The van der Waals surface area contributed by atoms with Crippen molar-refractivity contribution < 1.29 is 4.79 Å². The van der Waals surface area contributed by atoms with E-state index in [1.165, 1.54) is 6.42 Å². The summed E-state index contributed by atoms with van der Waals surface area (Å²) in [6.07, 6.45) is 5.40. The maximum Gasteiger partial charge on any atom is 0.230 e. The van der Waals surface area contributed by atoms with Crippen LogP contribution in [-0.4, -0.2) is 86.0 Å². The first kappa shape index (κ1) is 24.5. The van der Waals surface area contributed by atoms with Crippen molar-refractivity contribution in [3.05, 3.63) is 0 Å². The van der Waals surface area contributed by atoms with Gasteiger partial charge in [-0.1, -0.05) is 26.7 Å². The van der Waals surface area contributed by atoms with E-state index in [1.807, 2.05) is 14.1 Å². The van der Waals surface area contributed by atoms with Crippen LogP contribution in [0.4, 0.5) is 0 Å². The Balaban J connectivity index is 0.00000364. The number of guanidine groups is 1. The molecule has 1 aliphatic carbocycles. The van der Waals surface area contributed by atoms with Crippen LogP contribution in [-0.2, 0) is 4.79 Å². The standard InChI is InChI=1S/C20H39N5O.HI/c1-6-21-19(25-14-11-17(15-25)24(7-2)8-3)22-16-20(12-9-10-13-20)18(26)23(4)5;/h17H,6-16H2,1-5H3,(H,21,22);1H. The van der Waals surface area contributed by atoms with Crippen molar-refractivity contribution in [2.75, 3.05) is 53.4 Å². The van der Waals surface area contributed by atoms with Crippen molar-refractivity contribution in [2.24, 2.45) is 10.4 Å². The lowest BCUT2D eigenvalue weighted by molar-refractivity contribution is -0.138. The number of hydrogen-bond donors (Lipinski definition) is 1. The lowest BCUT2D eigenvalue weighted by Crippen LogP contribution is -2.45. The average Bonchev–Trinajstić information content (AvgIpc) is 3.29. The van der Waals surface area contributed by atoms with Gasteiger partial charge in [0.05, 0.1) is 12.0 Å². The minimum Gasteiger partial charge on any atom is -0.357 e. The number of amides is 1. The normalized spacial score (nSPS) is 22.1. The summed E-state index contributed by atoms with van der Waals surface area (Å²) in [6.45, 7) is 12.3. The maximum atomic E-state index is 12.8.